The van der Waals surface area contributed by atoms with Gasteiger partial charge in [0.1, 0.15) is 5.75 Å². The molecule has 0 saturated heterocycles. The molecule has 0 saturated carbocycles. The van der Waals surface area contributed by atoms with Crippen LogP contribution in [0, 0.1) is 0 Å². The van der Waals surface area contributed by atoms with Crippen LogP contribution in [0.3, 0.4) is 0 Å². The molecule has 1 aromatic carbocycles. The van der Waals surface area contributed by atoms with Crippen LogP contribution in [0.1, 0.15) is 38.3 Å². The third-order valence-corrected chi connectivity index (χ3v) is 3.49. The van der Waals surface area contributed by atoms with Gasteiger partial charge in [-0.25, -0.2) is 0 Å². The van der Waals surface area contributed by atoms with Crippen molar-refractivity contribution in [3.63, 3.8) is 0 Å². The molecule has 0 fully saturated rings. The molecule has 1 rings (SSSR count). The summed E-state index contributed by atoms with van der Waals surface area (Å²) in [6.07, 6.45) is 4.51. The molecule has 0 spiro atoms. The maximum absolute atomic E-state index is 5.48. The summed E-state index contributed by atoms with van der Waals surface area (Å²) < 4.78 is 5.48. The number of rotatable bonds is 9. The monoisotopic (exact) mass is 267 g/mol. The van der Waals surface area contributed by atoms with Gasteiger partial charge in [0, 0.05) is 6.04 Å². The van der Waals surface area contributed by atoms with Gasteiger partial charge in [0.05, 0.1) is 6.61 Å². The van der Waals surface area contributed by atoms with Crippen molar-refractivity contribution in [2.45, 2.75) is 32.7 Å². The van der Waals surface area contributed by atoms with E-state index in [0.717, 1.165) is 18.9 Å². The standard InChI is InChI=1S/C15H25NOS/c1-4-11-16-15(10-12-18-3)13-6-8-14(9-7-13)17-5-2/h6-9,15-16H,4-5,10-12H2,1-3H3. The molecule has 1 aromatic rings. The second-order valence-electron chi connectivity index (χ2n) is 4.29. The smallest absolute Gasteiger partial charge is 0.119 e. The molecule has 0 amide bonds. The van der Waals surface area contributed by atoms with Crippen LogP contribution in [-0.4, -0.2) is 25.2 Å². The SMILES string of the molecule is CCCNC(CCSC)c1ccc(OCC)cc1. The lowest BCUT2D eigenvalue weighted by Gasteiger charge is -2.19. The summed E-state index contributed by atoms with van der Waals surface area (Å²) in [5.41, 5.74) is 1.36. The average Bonchev–Trinajstić information content (AvgIpc) is 2.41. The Labute approximate surface area is 116 Å². The molecule has 2 nitrogen and oxygen atoms in total. The number of thioether (sulfide) groups is 1. The fourth-order valence-electron chi connectivity index (χ4n) is 1.90. The van der Waals surface area contributed by atoms with Gasteiger partial charge in [-0.2, -0.15) is 11.8 Å². The minimum Gasteiger partial charge on any atom is -0.494 e. The second kappa shape index (κ2) is 9.29. The largest absolute Gasteiger partial charge is 0.494 e. The Balaban J connectivity index is 2.64. The first-order valence-corrected chi connectivity index (χ1v) is 8.16. The summed E-state index contributed by atoms with van der Waals surface area (Å²) >= 11 is 1.90. The van der Waals surface area contributed by atoms with Gasteiger partial charge in [0.25, 0.3) is 0 Å². The van der Waals surface area contributed by atoms with Gasteiger partial charge in [-0.05, 0) is 56.0 Å². The van der Waals surface area contributed by atoms with Crippen LogP contribution in [0.5, 0.6) is 5.75 Å². The number of nitrogens with one attached hydrogen (secondary N) is 1. The minimum absolute atomic E-state index is 0.466. The molecule has 3 heteroatoms. The third-order valence-electron chi connectivity index (χ3n) is 2.84. The van der Waals surface area contributed by atoms with Crippen LogP contribution < -0.4 is 10.1 Å². The highest BCUT2D eigenvalue weighted by Gasteiger charge is 2.10. The fraction of sp³-hybridized carbons (Fsp3) is 0.600. The Morgan fingerprint density at radius 2 is 1.94 bits per heavy atom. The van der Waals surface area contributed by atoms with E-state index < -0.39 is 0 Å². The first kappa shape index (κ1) is 15.4. The lowest BCUT2D eigenvalue weighted by Crippen LogP contribution is -2.22. The first-order valence-electron chi connectivity index (χ1n) is 6.76. The predicted octanol–water partition coefficient (Wildman–Crippen LogP) is 3.88. The van der Waals surface area contributed by atoms with Crippen molar-refractivity contribution in [3.05, 3.63) is 29.8 Å². The van der Waals surface area contributed by atoms with E-state index in [4.69, 9.17) is 4.74 Å². The topological polar surface area (TPSA) is 21.3 Å². The van der Waals surface area contributed by atoms with E-state index in [9.17, 15) is 0 Å². The van der Waals surface area contributed by atoms with Gasteiger partial charge >= 0.3 is 0 Å². The van der Waals surface area contributed by atoms with E-state index in [1.165, 1.54) is 24.2 Å². The Hall–Kier alpha value is -0.670. The van der Waals surface area contributed by atoms with Gasteiger partial charge in [0.15, 0.2) is 0 Å². The van der Waals surface area contributed by atoms with E-state index in [1.807, 2.05) is 18.7 Å². The lowest BCUT2D eigenvalue weighted by molar-refractivity contribution is 0.340. The molecule has 102 valence electrons. The molecule has 0 heterocycles. The molecule has 1 atom stereocenters. The minimum atomic E-state index is 0.466. The van der Waals surface area contributed by atoms with Crippen molar-refractivity contribution in [3.8, 4) is 5.75 Å². The van der Waals surface area contributed by atoms with Crippen molar-refractivity contribution in [1.82, 2.24) is 5.32 Å². The molecule has 0 radical (unpaired) electrons. The summed E-state index contributed by atoms with van der Waals surface area (Å²) in [5.74, 6) is 2.15. The van der Waals surface area contributed by atoms with Crippen molar-refractivity contribution in [2.24, 2.45) is 0 Å². The zero-order chi connectivity index (χ0) is 13.2. The Morgan fingerprint density at radius 3 is 2.50 bits per heavy atom. The van der Waals surface area contributed by atoms with Crippen molar-refractivity contribution >= 4 is 11.8 Å². The van der Waals surface area contributed by atoms with Gasteiger partial charge in [-0.15, -0.1) is 0 Å². The highest BCUT2D eigenvalue weighted by atomic mass is 32.2. The molecule has 1 unspecified atom stereocenters. The van der Waals surface area contributed by atoms with E-state index >= 15 is 0 Å². The van der Waals surface area contributed by atoms with Gasteiger partial charge in [-0.1, -0.05) is 19.1 Å². The highest BCUT2D eigenvalue weighted by molar-refractivity contribution is 7.98. The summed E-state index contributed by atoms with van der Waals surface area (Å²) in [6, 6.07) is 8.96. The Kier molecular flexibility index (Phi) is 7.94. The fourth-order valence-corrected chi connectivity index (χ4v) is 2.38. The summed E-state index contributed by atoms with van der Waals surface area (Å²) in [7, 11) is 0. The molecule has 0 bridgehead atoms. The number of hydrogen-bond acceptors (Lipinski definition) is 3. The van der Waals surface area contributed by atoms with E-state index in [2.05, 4.69) is 42.8 Å². The van der Waals surface area contributed by atoms with Crippen molar-refractivity contribution < 1.29 is 4.74 Å². The molecular formula is C15H25NOS. The summed E-state index contributed by atoms with van der Waals surface area (Å²) in [5, 5.41) is 3.62. The second-order valence-corrected chi connectivity index (χ2v) is 5.28. The van der Waals surface area contributed by atoms with Crippen molar-refractivity contribution in [2.75, 3.05) is 25.2 Å². The molecule has 18 heavy (non-hydrogen) atoms. The van der Waals surface area contributed by atoms with Crippen molar-refractivity contribution in [1.29, 1.82) is 0 Å². The maximum atomic E-state index is 5.48. The zero-order valence-corrected chi connectivity index (χ0v) is 12.6. The molecule has 0 aliphatic heterocycles. The summed E-state index contributed by atoms with van der Waals surface area (Å²) in [4.78, 5) is 0. The summed E-state index contributed by atoms with van der Waals surface area (Å²) in [6.45, 7) is 6.02. The van der Waals surface area contributed by atoms with Crippen LogP contribution in [-0.2, 0) is 0 Å². The molecule has 0 aliphatic carbocycles. The van der Waals surface area contributed by atoms with Gasteiger partial charge in [0.2, 0.25) is 0 Å². The highest BCUT2D eigenvalue weighted by Crippen LogP contribution is 2.21. The molecule has 0 aromatic heterocycles. The number of benzene rings is 1. The number of hydrogen-bond donors (Lipinski definition) is 1. The predicted molar refractivity (Wildman–Crippen MR) is 81.6 cm³/mol. The van der Waals surface area contributed by atoms with Crippen LogP contribution in [0.15, 0.2) is 24.3 Å². The van der Waals surface area contributed by atoms with E-state index in [1.54, 1.807) is 0 Å². The maximum Gasteiger partial charge on any atom is 0.119 e. The van der Waals surface area contributed by atoms with Crippen LogP contribution in [0.25, 0.3) is 0 Å². The lowest BCUT2D eigenvalue weighted by atomic mass is 10.0. The molecule has 1 N–H and O–H groups in total. The van der Waals surface area contributed by atoms with E-state index in [0.29, 0.717) is 6.04 Å². The van der Waals surface area contributed by atoms with Crippen LogP contribution >= 0.6 is 11.8 Å². The molecular weight excluding hydrogens is 242 g/mol. The van der Waals surface area contributed by atoms with Gasteiger partial charge < -0.3 is 10.1 Å². The third kappa shape index (κ3) is 5.32. The zero-order valence-electron chi connectivity index (χ0n) is 11.7. The van der Waals surface area contributed by atoms with Gasteiger partial charge in [-0.3, -0.25) is 0 Å². The Morgan fingerprint density at radius 1 is 1.22 bits per heavy atom. The quantitative estimate of drug-likeness (QED) is 0.733. The van der Waals surface area contributed by atoms with Crippen LogP contribution in [0.2, 0.25) is 0 Å². The Bertz CT molecular complexity index is 305. The molecule has 0 aliphatic rings. The van der Waals surface area contributed by atoms with Crippen LogP contribution in [0.4, 0.5) is 0 Å². The van der Waals surface area contributed by atoms with E-state index in [-0.39, 0.29) is 0 Å². The first-order chi connectivity index (χ1) is 8.81. The average molecular weight is 267 g/mol. The normalized spacial score (nSPS) is 12.4. The number of ether oxygens (including phenoxy) is 1.